The van der Waals surface area contributed by atoms with Gasteiger partial charge in [0.25, 0.3) is 0 Å². The molecule has 1 aromatic heterocycles. The molecule has 0 amide bonds. The molecule has 0 bridgehead atoms. The van der Waals surface area contributed by atoms with Crippen LogP contribution in [0.5, 0.6) is 0 Å². The van der Waals surface area contributed by atoms with Gasteiger partial charge in [0, 0.05) is 24.8 Å². The van der Waals surface area contributed by atoms with E-state index < -0.39 is 0 Å². The first kappa shape index (κ1) is 13.1. The number of hydrogen-bond donors (Lipinski definition) is 0. The fourth-order valence-electron chi connectivity index (χ4n) is 2.50. The summed E-state index contributed by atoms with van der Waals surface area (Å²) in [6, 6.07) is -0.0941. The van der Waals surface area contributed by atoms with Crippen molar-refractivity contribution in [2.24, 2.45) is 7.05 Å². The summed E-state index contributed by atoms with van der Waals surface area (Å²) >= 11 is 0. The Balaban J connectivity index is 2.10. The highest BCUT2D eigenvalue weighted by molar-refractivity contribution is 5.75. The van der Waals surface area contributed by atoms with Gasteiger partial charge in [-0.25, -0.2) is 0 Å². The molecule has 5 nitrogen and oxygen atoms in total. The second-order valence-electron chi connectivity index (χ2n) is 4.88. The summed E-state index contributed by atoms with van der Waals surface area (Å²) in [5, 5.41) is 4.25. The molecule has 100 valence electrons. The van der Waals surface area contributed by atoms with Crippen molar-refractivity contribution >= 4 is 5.97 Å². The summed E-state index contributed by atoms with van der Waals surface area (Å²) in [7, 11) is 3.40. The molecule has 18 heavy (non-hydrogen) atoms. The van der Waals surface area contributed by atoms with Crippen LogP contribution in [0.4, 0.5) is 0 Å². The van der Waals surface area contributed by atoms with E-state index in [2.05, 4.69) is 16.9 Å². The van der Waals surface area contributed by atoms with E-state index in [1.165, 1.54) is 12.7 Å². The molecule has 1 aliphatic heterocycles. The number of methoxy groups -OCH3 is 1. The van der Waals surface area contributed by atoms with Crippen molar-refractivity contribution < 1.29 is 9.53 Å². The summed E-state index contributed by atoms with van der Waals surface area (Å²) < 4.78 is 6.76. The Labute approximate surface area is 108 Å². The molecule has 2 rings (SSSR count). The van der Waals surface area contributed by atoms with E-state index in [0.717, 1.165) is 38.0 Å². The SMILES string of the molecule is COC(=O)[C@H]1CCCCN1Cc1cnn(C)c1C. The van der Waals surface area contributed by atoms with Crippen molar-refractivity contribution in [1.29, 1.82) is 0 Å². The van der Waals surface area contributed by atoms with Crippen LogP contribution in [-0.2, 0) is 23.1 Å². The lowest BCUT2D eigenvalue weighted by atomic mass is 10.0. The fraction of sp³-hybridized carbons (Fsp3) is 0.692. The van der Waals surface area contributed by atoms with Crippen LogP contribution in [0.2, 0.25) is 0 Å². The molecule has 0 aromatic carbocycles. The van der Waals surface area contributed by atoms with Crippen molar-refractivity contribution in [2.75, 3.05) is 13.7 Å². The number of piperidine rings is 1. The minimum Gasteiger partial charge on any atom is -0.468 e. The van der Waals surface area contributed by atoms with Crippen LogP contribution in [0, 0.1) is 6.92 Å². The number of aromatic nitrogens is 2. The molecule has 1 aromatic rings. The Morgan fingerprint density at radius 1 is 1.56 bits per heavy atom. The number of esters is 1. The van der Waals surface area contributed by atoms with E-state index in [1.54, 1.807) is 0 Å². The zero-order valence-electron chi connectivity index (χ0n) is 11.3. The quantitative estimate of drug-likeness (QED) is 0.759. The molecule has 0 radical (unpaired) electrons. The van der Waals surface area contributed by atoms with Crippen molar-refractivity contribution in [3.63, 3.8) is 0 Å². The number of carbonyl (C=O) groups excluding carboxylic acids is 1. The molecular formula is C13H21N3O2. The molecule has 1 fully saturated rings. The highest BCUT2D eigenvalue weighted by Crippen LogP contribution is 2.21. The van der Waals surface area contributed by atoms with Crippen LogP contribution in [-0.4, -0.2) is 40.3 Å². The average Bonchev–Trinajstić information content (AvgIpc) is 2.70. The molecule has 1 aliphatic rings. The van der Waals surface area contributed by atoms with E-state index in [0.29, 0.717) is 0 Å². The Hall–Kier alpha value is -1.36. The predicted molar refractivity (Wildman–Crippen MR) is 68.0 cm³/mol. The Bertz CT molecular complexity index is 428. The molecule has 1 saturated heterocycles. The van der Waals surface area contributed by atoms with Gasteiger partial charge in [0.2, 0.25) is 0 Å². The molecule has 1 atom stereocenters. The molecule has 0 saturated carbocycles. The first-order chi connectivity index (χ1) is 8.63. The van der Waals surface area contributed by atoms with Crippen molar-refractivity contribution in [3.05, 3.63) is 17.5 Å². The lowest BCUT2D eigenvalue weighted by molar-refractivity contribution is -0.148. The maximum absolute atomic E-state index is 11.8. The maximum atomic E-state index is 11.8. The summed E-state index contributed by atoms with van der Waals surface area (Å²) in [4.78, 5) is 14.0. The third kappa shape index (κ3) is 2.56. The zero-order chi connectivity index (χ0) is 13.1. The van der Waals surface area contributed by atoms with Crippen LogP contribution < -0.4 is 0 Å². The van der Waals surface area contributed by atoms with Crippen LogP contribution >= 0.6 is 0 Å². The van der Waals surface area contributed by atoms with Crippen molar-refractivity contribution in [1.82, 2.24) is 14.7 Å². The van der Waals surface area contributed by atoms with Gasteiger partial charge in [-0.1, -0.05) is 6.42 Å². The van der Waals surface area contributed by atoms with E-state index in [9.17, 15) is 4.79 Å². The van der Waals surface area contributed by atoms with Crippen molar-refractivity contribution in [3.8, 4) is 0 Å². The molecule has 0 spiro atoms. The lowest BCUT2D eigenvalue weighted by Crippen LogP contribution is -2.44. The number of rotatable bonds is 3. The lowest BCUT2D eigenvalue weighted by Gasteiger charge is -2.33. The van der Waals surface area contributed by atoms with E-state index in [-0.39, 0.29) is 12.0 Å². The number of hydrogen-bond acceptors (Lipinski definition) is 4. The van der Waals surface area contributed by atoms with Gasteiger partial charge in [-0.2, -0.15) is 5.10 Å². The van der Waals surface area contributed by atoms with Gasteiger partial charge < -0.3 is 4.74 Å². The second kappa shape index (κ2) is 5.52. The minimum absolute atomic E-state index is 0.0941. The number of aryl methyl sites for hydroxylation is 1. The minimum atomic E-state index is -0.115. The topological polar surface area (TPSA) is 47.4 Å². The van der Waals surface area contributed by atoms with Gasteiger partial charge in [-0.15, -0.1) is 0 Å². The van der Waals surface area contributed by atoms with E-state index in [1.807, 2.05) is 17.9 Å². The zero-order valence-corrected chi connectivity index (χ0v) is 11.3. The monoisotopic (exact) mass is 251 g/mol. The highest BCUT2D eigenvalue weighted by atomic mass is 16.5. The van der Waals surface area contributed by atoms with Crippen LogP contribution in [0.25, 0.3) is 0 Å². The molecule has 0 unspecified atom stereocenters. The fourth-order valence-corrected chi connectivity index (χ4v) is 2.50. The van der Waals surface area contributed by atoms with Gasteiger partial charge in [-0.05, 0) is 26.3 Å². The van der Waals surface area contributed by atoms with Crippen LogP contribution in [0.15, 0.2) is 6.20 Å². The Morgan fingerprint density at radius 2 is 2.33 bits per heavy atom. The number of likely N-dealkylation sites (tertiary alicyclic amines) is 1. The molecule has 5 heteroatoms. The summed E-state index contributed by atoms with van der Waals surface area (Å²) in [5.74, 6) is -0.115. The van der Waals surface area contributed by atoms with E-state index >= 15 is 0 Å². The average molecular weight is 251 g/mol. The standard InChI is InChI=1S/C13H21N3O2/c1-10-11(8-14-15(10)2)9-16-7-5-4-6-12(16)13(17)18-3/h8,12H,4-7,9H2,1-3H3/t12-/m1/s1. The Morgan fingerprint density at radius 3 is 2.94 bits per heavy atom. The summed E-state index contributed by atoms with van der Waals surface area (Å²) in [6.45, 7) is 3.78. The largest absolute Gasteiger partial charge is 0.468 e. The summed E-state index contributed by atoms with van der Waals surface area (Å²) in [5.41, 5.74) is 2.34. The smallest absolute Gasteiger partial charge is 0.323 e. The highest BCUT2D eigenvalue weighted by Gasteiger charge is 2.29. The predicted octanol–water partition coefficient (Wildman–Crippen LogP) is 1.26. The third-order valence-corrected chi connectivity index (χ3v) is 3.80. The molecule has 0 N–H and O–H groups in total. The van der Waals surface area contributed by atoms with Gasteiger partial charge in [0.1, 0.15) is 6.04 Å². The first-order valence-electron chi connectivity index (χ1n) is 6.43. The Kier molecular flexibility index (Phi) is 4.01. The van der Waals surface area contributed by atoms with Gasteiger partial charge >= 0.3 is 5.97 Å². The summed E-state index contributed by atoms with van der Waals surface area (Å²) in [6.07, 6.45) is 5.03. The van der Waals surface area contributed by atoms with Gasteiger partial charge in [0.05, 0.1) is 13.3 Å². The van der Waals surface area contributed by atoms with Gasteiger partial charge in [-0.3, -0.25) is 14.4 Å². The number of carbonyl (C=O) groups is 1. The number of ether oxygens (including phenoxy) is 1. The van der Waals surface area contributed by atoms with Crippen LogP contribution in [0.3, 0.4) is 0 Å². The van der Waals surface area contributed by atoms with E-state index in [4.69, 9.17) is 4.74 Å². The molecular weight excluding hydrogens is 230 g/mol. The molecule has 2 heterocycles. The third-order valence-electron chi connectivity index (χ3n) is 3.80. The second-order valence-corrected chi connectivity index (χ2v) is 4.88. The first-order valence-corrected chi connectivity index (χ1v) is 6.43. The van der Waals surface area contributed by atoms with Crippen molar-refractivity contribution in [2.45, 2.75) is 38.8 Å². The maximum Gasteiger partial charge on any atom is 0.323 e. The van der Waals surface area contributed by atoms with Gasteiger partial charge in [0.15, 0.2) is 0 Å². The normalized spacial score (nSPS) is 20.9. The number of nitrogens with zero attached hydrogens (tertiary/aromatic N) is 3. The van der Waals surface area contributed by atoms with Crippen LogP contribution in [0.1, 0.15) is 30.5 Å². The molecule has 0 aliphatic carbocycles.